The van der Waals surface area contributed by atoms with Gasteiger partial charge in [-0.3, -0.25) is 4.79 Å². The van der Waals surface area contributed by atoms with Gasteiger partial charge >= 0.3 is 12.2 Å². The molecule has 186 valence electrons. The summed E-state index contributed by atoms with van der Waals surface area (Å²) < 4.78 is 76.2. The van der Waals surface area contributed by atoms with Gasteiger partial charge in [-0.1, -0.05) is 12.1 Å². The molecule has 36 heavy (non-hydrogen) atoms. The average molecular weight is 506 g/mol. The lowest BCUT2D eigenvalue weighted by molar-refractivity contribution is -0.391. The first-order chi connectivity index (χ1) is 17.1. The molecule has 2 aromatic carbocycles. The van der Waals surface area contributed by atoms with Crippen LogP contribution in [0.2, 0.25) is 0 Å². The van der Waals surface area contributed by atoms with Gasteiger partial charge < -0.3 is 30.4 Å². The first-order valence-corrected chi connectivity index (χ1v) is 10.2. The van der Waals surface area contributed by atoms with Gasteiger partial charge in [0, 0.05) is 24.2 Å². The second-order valence-electron chi connectivity index (χ2n) is 7.57. The van der Waals surface area contributed by atoms with E-state index >= 15 is 0 Å². The van der Waals surface area contributed by atoms with Crippen LogP contribution in [0.5, 0.6) is 11.5 Å². The van der Waals surface area contributed by atoms with Gasteiger partial charge in [0.2, 0.25) is 5.95 Å². The van der Waals surface area contributed by atoms with Crippen molar-refractivity contribution in [3.05, 3.63) is 60.2 Å². The Morgan fingerprint density at radius 1 is 1.00 bits per heavy atom. The van der Waals surface area contributed by atoms with E-state index in [1.54, 1.807) is 24.3 Å². The lowest BCUT2D eigenvalue weighted by Crippen LogP contribution is -2.52. The van der Waals surface area contributed by atoms with E-state index in [2.05, 4.69) is 40.4 Å². The van der Waals surface area contributed by atoms with E-state index < -0.39 is 29.5 Å². The fraction of sp³-hybridized carbons (Fsp3) is 0.136. The van der Waals surface area contributed by atoms with Gasteiger partial charge in [0.25, 0.3) is 5.91 Å². The van der Waals surface area contributed by atoms with E-state index in [0.717, 1.165) is 23.7 Å². The predicted molar refractivity (Wildman–Crippen MR) is 118 cm³/mol. The van der Waals surface area contributed by atoms with E-state index in [-0.39, 0.29) is 23.4 Å². The third-order valence-electron chi connectivity index (χ3n) is 5.14. The molecule has 0 spiro atoms. The van der Waals surface area contributed by atoms with Gasteiger partial charge in [-0.2, -0.15) is 22.5 Å². The number of ether oxygens (including phenoxy) is 2. The van der Waals surface area contributed by atoms with Crippen molar-refractivity contribution in [3.63, 3.8) is 0 Å². The summed E-state index contributed by atoms with van der Waals surface area (Å²) >= 11 is 0. The van der Waals surface area contributed by atoms with Crippen molar-refractivity contribution >= 4 is 40.0 Å². The minimum absolute atomic E-state index is 0.00334. The van der Waals surface area contributed by atoms with Crippen molar-refractivity contribution in [2.75, 3.05) is 17.7 Å². The Kier molecular flexibility index (Phi) is 5.30. The van der Waals surface area contributed by atoms with Crippen LogP contribution in [0.4, 0.5) is 45.1 Å². The van der Waals surface area contributed by atoms with Crippen LogP contribution in [0.1, 0.15) is 10.5 Å². The lowest BCUT2D eigenvalue weighted by Gasteiger charge is -2.31. The van der Waals surface area contributed by atoms with Crippen LogP contribution >= 0.6 is 0 Å². The maximum Gasteiger partial charge on any atom is 0.507 e. The number of fused-ring (bicyclic) bond motifs is 2. The number of carbonyl (C=O) groups is 1. The number of aromatic nitrogens is 3. The lowest BCUT2D eigenvalue weighted by atomic mass is 10.2. The molecule has 0 bridgehead atoms. The number of nitrogens with one attached hydrogen (secondary N) is 4. The molecular weight excluding hydrogens is 491 g/mol. The highest BCUT2D eigenvalue weighted by molar-refractivity contribution is 6.01. The minimum atomic E-state index is -4.90. The molecule has 0 saturated carbocycles. The van der Waals surface area contributed by atoms with Crippen molar-refractivity contribution < 1.29 is 36.2 Å². The number of alkyl halides is 4. The van der Waals surface area contributed by atoms with E-state index in [9.17, 15) is 26.7 Å². The second kappa shape index (κ2) is 8.25. The third-order valence-corrected chi connectivity index (χ3v) is 5.14. The molecule has 3 heterocycles. The standard InChI is InChI=1S/C22H15F5N6O3/c1-28-19(34)14-7-10-3-2-4-13(17(10)31-14)32-20-29-9-12(23)18(33-20)30-11-5-6-15-16(8-11)36-22(26,27)21(24,25)35-15/h2-9,31H,1H3,(H,28,34)(H2,29,30,32,33). The Hall–Kier alpha value is -4.62. The molecule has 1 amide bonds. The molecule has 0 atom stereocenters. The van der Waals surface area contributed by atoms with Crippen LogP contribution in [0.25, 0.3) is 10.9 Å². The van der Waals surface area contributed by atoms with Gasteiger partial charge in [0.05, 0.1) is 17.4 Å². The molecule has 1 aliphatic rings. The monoisotopic (exact) mass is 506 g/mol. The van der Waals surface area contributed by atoms with Gasteiger partial charge in [-0.15, -0.1) is 0 Å². The van der Waals surface area contributed by atoms with Crippen LogP contribution in [0, 0.1) is 5.82 Å². The van der Waals surface area contributed by atoms with Gasteiger partial charge in [-0.05, 0) is 24.3 Å². The first-order valence-electron chi connectivity index (χ1n) is 10.2. The molecule has 14 heteroatoms. The van der Waals surface area contributed by atoms with Crippen molar-refractivity contribution in [1.29, 1.82) is 0 Å². The second-order valence-corrected chi connectivity index (χ2v) is 7.57. The highest BCUT2D eigenvalue weighted by Crippen LogP contribution is 2.47. The average Bonchev–Trinajstić information content (AvgIpc) is 3.27. The molecule has 0 fully saturated rings. The zero-order valence-corrected chi connectivity index (χ0v) is 18.1. The number of amides is 1. The van der Waals surface area contributed by atoms with Gasteiger partial charge in [-0.25, -0.2) is 9.37 Å². The van der Waals surface area contributed by atoms with Crippen LogP contribution in [-0.2, 0) is 0 Å². The number of H-pyrrole nitrogens is 1. The number of nitrogens with zero attached hydrogens (tertiary/aromatic N) is 2. The van der Waals surface area contributed by atoms with Crippen molar-refractivity contribution in [2.45, 2.75) is 12.2 Å². The maximum atomic E-state index is 14.4. The summed E-state index contributed by atoms with van der Waals surface area (Å²) in [5.74, 6) is -2.86. The molecule has 9 nitrogen and oxygen atoms in total. The quantitative estimate of drug-likeness (QED) is 0.285. The molecule has 1 aliphatic heterocycles. The minimum Gasteiger partial charge on any atom is -0.421 e. The van der Waals surface area contributed by atoms with E-state index in [0.29, 0.717) is 16.9 Å². The number of anilines is 4. The summed E-state index contributed by atoms with van der Waals surface area (Å²) in [6.45, 7) is 0. The van der Waals surface area contributed by atoms with Crippen molar-refractivity contribution in [3.8, 4) is 11.5 Å². The number of rotatable bonds is 5. The molecule has 4 N–H and O–H groups in total. The fourth-order valence-corrected chi connectivity index (χ4v) is 3.43. The number of halogens is 5. The maximum absolute atomic E-state index is 14.4. The number of aromatic amines is 1. The van der Waals surface area contributed by atoms with Crippen LogP contribution < -0.4 is 25.4 Å². The normalized spacial score (nSPS) is 15.4. The molecule has 0 aliphatic carbocycles. The highest BCUT2D eigenvalue weighted by atomic mass is 19.3. The van der Waals surface area contributed by atoms with Gasteiger partial charge in [0.15, 0.2) is 23.1 Å². The number of hydrogen-bond donors (Lipinski definition) is 4. The third kappa shape index (κ3) is 4.06. The van der Waals surface area contributed by atoms with E-state index in [4.69, 9.17) is 0 Å². The van der Waals surface area contributed by atoms with Crippen molar-refractivity contribution in [1.82, 2.24) is 20.3 Å². The smallest absolute Gasteiger partial charge is 0.421 e. The molecule has 2 aromatic heterocycles. The fourth-order valence-electron chi connectivity index (χ4n) is 3.43. The summed E-state index contributed by atoms with van der Waals surface area (Å²) in [6, 6.07) is 9.94. The summed E-state index contributed by atoms with van der Waals surface area (Å²) in [4.78, 5) is 22.9. The Morgan fingerprint density at radius 2 is 1.75 bits per heavy atom. The number of para-hydroxylation sites is 1. The van der Waals surface area contributed by atoms with Crippen LogP contribution in [0.15, 0.2) is 48.7 Å². The SMILES string of the molecule is CNC(=O)c1cc2cccc(Nc3ncc(F)c(Nc4ccc5c(c4)OC(F)(F)C(F)(F)O5)n3)c2[nH]1. The number of benzene rings is 2. The van der Waals surface area contributed by atoms with Crippen molar-refractivity contribution in [2.24, 2.45) is 0 Å². The highest BCUT2D eigenvalue weighted by Gasteiger charge is 2.65. The first kappa shape index (κ1) is 23.1. The Bertz CT molecular complexity index is 1490. The Labute approximate surface area is 198 Å². The zero-order chi connectivity index (χ0) is 25.7. The van der Waals surface area contributed by atoms with Crippen LogP contribution in [-0.4, -0.2) is 40.1 Å². The summed E-state index contributed by atoms with van der Waals surface area (Å²) in [5.41, 5.74) is 1.39. The molecule has 0 radical (unpaired) electrons. The summed E-state index contributed by atoms with van der Waals surface area (Å²) in [7, 11) is 1.50. The molecule has 0 unspecified atom stereocenters. The summed E-state index contributed by atoms with van der Waals surface area (Å²) in [5, 5.41) is 8.72. The molecule has 0 saturated heterocycles. The largest absolute Gasteiger partial charge is 0.507 e. The molecular formula is C22H15F5N6O3. The van der Waals surface area contributed by atoms with Gasteiger partial charge in [0.1, 0.15) is 5.69 Å². The Morgan fingerprint density at radius 3 is 2.50 bits per heavy atom. The summed E-state index contributed by atoms with van der Waals surface area (Å²) in [6.07, 6.45) is -8.88. The van der Waals surface area contributed by atoms with E-state index in [1.807, 2.05) is 0 Å². The number of hydrogen-bond acceptors (Lipinski definition) is 7. The van der Waals surface area contributed by atoms with Crippen LogP contribution in [0.3, 0.4) is 0 Å². The zero-order valence-electron chi connectivity index (χ0n) is 18.1. The topological polar surface area (TPSA) is 113 Å². The predicted octanol–water partition coefficient (Wildman–Crippen LogP) is 4.90. The molecule has 5 rings (SSSR count). The van der Waals surface area contributed by atoms with E-state index in [1.165, 1.54) is 13.1 Å². The number of carbonyl (C=O) groups excluding carboxylic acids is 1. The Balaban J connectivity index is 1.41. The molecule has 4 aromatic rings.